The Morgan fingerprint density at radius 3 is 2.82 bits per heavy atom. The van der Waals surface area contributed by atoms with E-state index >= 15 is 0 Å². The molecule has 90 valence electrons. The van der Waals surface area contributed by atoms with Crippen LogP contribution in [0.25, 0.3) is 11.1 Å². The van der Waals surface area contributed by atoms with Gasteiger partial charge in [0.1, 0.15) is 6.73 Å². The van der Waals surface area contributed by atoms with E-state index in [9.17, 15) is 9.59 Å². The molecule has 0 saturated heterocycles. The Labute approximate surface area is 96.3 Å². The van der Waals surface area contributed by atoms with Crippen LogP contribution >= 0.6 is 0 Å². The number of hydrogen-bond donors (Lipinski definition) is 0. The Balaban J connectivity index is 2.57. The van der Waals surface area contributed by atoms with Crippen LogP contribution in [0, 0.1) is 0 Å². The molecule has 0 saturated carbocycles. The maximum absolute atomic E-state index is 11.5. The van der Waals surface area contributed by atoms with Gasteiger partial charge in [-0.05, 0) is 18.2 Å². The highest BCUT2D eigenvalue weighted by Gasteiger charge is 2.12. The van der Waals surface area contributed by atoms with Crippen molar-refractivity contribution >= 4 is 17.1 Å². The largest absolute Gasteiger partial charge is 0.465 e. The van der Waals surface area contributed by atoms with Gasteiger partial charge in [-0.2, -0.15) is 0 Å². The number of fused-ring (bicyclic) bond motifs is 1. The summed E-state index contributed by atoms with van der Waals surface area (Å²) in [5, 5.41) is 0. The molecule has 0 aliphatic heterocycles. The third kappa shape index (κ3) is 1.94. The van der Waals surface area contributed by atoms with Gasteiger partial charge in [0.25, 0.3) is 0 Å². The zero-order chi connectivity index (χ0) is 12.4. The van der Waals surface area contributed by atoms with Gasteiger partial charge in [-0.25, -0.2) is 14.2 Å². The number of oxazole rings is 1. The SMILES string of the molecule is COCn1c(=O)oc2cc(C(=O)OC)ccc21. The minimum Gasteiger partial charge on any atom is -0.465 e. The molecule has 0 radical (unpaired) electrons. The molecule has 17 heavy (non-hydrogen) atoms. The predicted molar refractivity (Wildman–Crippen MR) is 58.8 cm³/mol. The molecular formula is C11H11NO5. The molecule has 0 unspecified atom stereocenters. The summed E-state index contributed by atoms with van der Waals surface area (Å²) in [6, 6.07) is 4.65. The van der Waals surface area contributed by atoms with Gasteiger partial charge in [0.2, 0.25) is 0 Å². The molecule has 0 fully saturated rings. The first-order chi connectivity index (χ1) is 8.17. The molecule has 0 spiro atoms. The highest BCUT2D eigenvalue weighted by atomic mass is 16.5. The summed E-state index contributed by atoms with van der Waals surface area (Å²) in [5.41, 5.74) is 1.23. The number of aromatic nitrogens is 1. The molecule has 1 aromatic heterocycles. The Morgan fingerprint density at radius 2 is 2.18 bits per heavy atom. The Bertz CT molecular complexity index is 610. The molecule has 2 rings (SSSR count). The Hall–Kier alpha value is -2.08. The van der Waals surface area contributed by atoms with Crippen molar-refractivity contribution in [2.24, 2.45) is 0 Å². The smallest absolute Gasteiger partial charge is 0.421 e. The molecule has 6 heteroatoms. The first-order valence-electron chi connectivity index (χ1n) is 4.88. The van der Waals surface area contributed by atoms with Crippen molar-refractivity contribution in [3.8, 4) is 0 Å². The second-order valence-electron chi connectivity index (χ2n) is 3.39. The Kier molecular flexibility index (Phi) is 2.97. The van der Waals surface area contributed by atoms with Crippen LogP contribution in [0.4, 0.5) is 0 Å². The molecular weight excluding hydrogens is 226 g/mol. The lowest BCUT2D eigenvalue weighted by atomic mass is 10.2. The number of ether oxygens (including phenoxy) is 2. The lowest BCUT2D eigenvalue weighted by molar-refractivity contribution is 0.0601. The van der Waals surface area contributed by atoms with E-state index in [1.165, 1.54) is 24.9 Å². The van der Waals surface area contributed by atoms with E-state index in [0.717, 1.165) is 0 Å². The van der Waals surface area contributed by atoms with E-state index in [-0.39, 0.29) is 6.73 Å². The molecule has 6 nitrogen and oxygen atoms in total. The number of methoxy groups -OCH3 is 2. The van der Waals surface area contributed by atoms with Crippen LogP contribution in [0.3, 0.4) is 0 Å². The van der Waals surface area contributed by atoms with Gasteiger partial charge in [0.15, 0.2) is 5.58 Å². The number of hydrogen-bond acceptors (Lipinski definition) is 5. The van der Waals surface area contributed by atoms with Gasteiger partial charge in [0.05, 0.1) is 18.2 Å². The zero-order valence-electron chi connectivity index (χ0n) is 9.43. The fraction of sp³-hybridized carbons (Fsp3) is 0.273. The maximum atomic E-state index is 11.5. The molecule has 0 amide bonds. The van der Waals surface area contributed by atoms with Crippen molar-refractivity contribution < 1.29 is 18.7 Å². The monoisotopic (exact) mass is 237 g/mol. The van der Waals surface area contributed by atoms with Crippen LogP contribution in [-0.4, -0.2) is 24.8 Å². The van der Waals surface area contributed by atoms with E-state index in [0.29, 0.717) is 16.7 Å². The third-order valence-electron chi connectivity index (χ3n) is 2.35. The molecule has 0 aliphatic carbocycles. The van der Waals surface area contributed by atoms with E-state index in [4.69, 9.17) is 9.15 Å². The van der Waals surface area contributed by atoms with Crippen LogP contribution < -0.4 is 5.76 Å². The van der Waals surface area contributed by atoms with Gasteiger partial charge in [-0.1, -0.05) is 0 Å². The molecule has 1 heterocycles. The fourth-order valence-electron chi connectivity index (χ4n) is 1.56. The van der Waals surface area contributed by atoms with Crippen molar-refractivity contribution in [3.63, 3.8) is 0 Å². The molecule has 0 N–H and O–H groups in total. The topological polar surface area (TPSA) is 70.7 Å². The van der Waals surface area contributed by atoms with Crippen molar-refractivity contribution in [1.82, 2.24) is 4.57 Å². The summed E-state index contributed by atoms with van der Waals surface area (Å²) in [6.07, 6.45) is 0. The van der Waals surface area contributed by atoms with E-state index in [2.05, 4.69) is 4.74 Å². The van der Waals surface area contributed by atoms with Gasteiger partial charge in [0, 0.05) is 7.11 Å². The normalized spacial score (nSPS) is 10.7. The highest BCUT2D eigenvalue weighted by Crippen LogP contribution is 2.15. The number of benzene rings is 1. The molecule has 0 aliphatic rings. The first kappa shape index (κ1) is 11.4. The van der Waals surface area contributed by atoms with Crippen LogP contribution in [-0.2, 0) is 16.2 Å². The standard InChI is InChI=1S/C11H11NO5/c1-15-6-12-8-4-3-7(10(13)16-2)5-9(8)17-11(12)14/h3-5H,6H2,1-2H3. The number of carbonyl (C=O) groups excluding carboxylic acids is 1. The average molecular weight is 237 g/mol. The van der Waals surface area contributed by atoms with Crippen molar-refractivity contribution in [3.05, 3.63) is 34.3 Å². The molecule has 2 aromatic rings. The number of esters is 1. The minimum absolute atomic E-state index is 0.101. The van der Waals surface area contributed by atoms with Crippen LogP contribution in [0.2, 0.25) is 0 Å². The van der Waals surface area contributed by atoms with Crippen LogP contribution in [0.1, 0.15) is 10.4 Å². The number of carbonyl (C=O) groups is 1. The second-order valence-corrected chi connectivity index (χ2v) is 3.39. The maximum Gasteiger partial charge on any atom is 0.421 e. The summed E-state index contributed by atoms with van der Waals surface area (Å²) in [6.45, 7) is 0.101. The number of rotatable bonds is 3. The quantitative estimate of drug-likeness (QED) is 0.744. The minimum atomic E-state index is -0.524. The molecule has 1 aromatic carbocycles. The Morgan fingerprint density at radius 1 is 1.41 bits per heavy atom. The van der Waals surface area contributed by atoms with Crippen molar-refractivity contribution in [2.75, 3.05) is 14.2 Å². The lowest BCUT2D eigenvalue weighted by Gasteiger charge is -2.00. The van der Waals surface area contributed by atoms with E-state index in [1.54, 1.807) is 12.1 Å². The molecule has 0 atom stereocenters. The summed E-state index contributed by atoms with van der Waals surface area (Å²) >= 11 is 0. The lowest BCUT2D eigenvalue weighted by Crippen LogP contribution is -2.14. The summed E-state index contributed by atoms with van der Waals surface area (Å²) < 4.78 is 15.8. The molecule has 0 bridgehead atoms. The summed E-state index contributed by atoms with van der Waals surface area (Å²) in [7, 11) is 2.77. The second kappa shape index (κ2) is 4.42. The highest BCUT2D eigenvalue weighted by molar-refractivity contribution is 5.93. The van der Waals surface area contributed by atoms with Crippen LogP contribution in [0.15, 0.2) is 27.4 Å². The van der Waals surface area contributed by atoms with E-state index < -0.39 is 11.7 Å². The number of nitrogens with zero attached hydrogens (tertiary/aromatic N) is 1. The fourth-order valence-corrected chi connectivity index (χ4v) is 1.56. The zero-order valence-corrected chi connectivity index (χ0v) is 9.43. The third-order valence-corrected chi connectivity index (χ3v) is 2.35. The van der Waals surface area contributed by atoms with Gasteiger partial charge >= 0.3 is 11.7 Å². The summed E-state index contributed by atoms with van der Waals surface area (Å²) in [5.74, 6) is -1.00. The van der Waals surface area contributed by atoms with Crippen molar-refractivity contribution in [1.29, 1.82) is 0 Å². The summed E-state index contributed by atoms with van der Waals surface area (Å²) in [4.78, 5) is 22.8. The van der Waals surface area contributed by atoms with Gasteiger partial charge < -0.3 is 13.9 Å². The van der Waals surface area contributed by atoms with Gasteiger partial charge in [-0.3, -0.25) is 0 Å². The van der Waals surface area contributed by atoms with E-state index in [1.807, 2.05) is 0 Å². The van der Waals surface area contributed by atoms with Gasteiger partial charge in [-0.15, -0.1) is 0 Å². The average Bonchev–Trinajstić information content (AvgIpc) is 2.64. The predicted octanol–water partition coefficient (Wildman–Crippen LogP) is 0.985. The van der Waals surface area contributed by atoms with Crippen molar-refractivity contribution in [2.45, 2.75) is 6.73 Å². The van der Waals surface area contributed by atoms with Crippen LogP contribution in [0.5, 0.6) is 0 Å². The first-order valence-corrected chi connectivity index (χ1v) is 4.88.